The summed E-state index contributed by atoms with van der Waals surface area (Å²) < 4.78 is 10.6. The van der Waals surface area contributed by atoms with Crippen molar-refractivity contribution in [2.24, 2.45) is 17.6 Å². The monoisotopic (exact) mass is 377 g/mol. The summed E-state index contributed by atoms with van der Waals surface area (Å²) in [5, 5.41) is 3.06. The van der Waals surface area contributed by atoms with Crippen molar-refractivity contribution >= 4 is 17.5 Å². The van der Waals surface area contributed by atoms with Gasteiger partial charge in [-0.2, -0.15) is 0 Å². The Bertz CT molecular complexity index is 692. The fourth-order valence-corrected chi connectivity index (χ4v) is 3.61. The molecule has 1 aromatic rings. The van der Waals surface area contributed by atoms with Crippen molar-refractivity contribution in [2.45, 2.75) is 39.2 Å². The standard InChI is InChI=1S/C20H31N3O4/c1-13(2)10-20(3,12-21)22-19(25)14-8-18(24)23(11-14)16-7-6-15(26-4)9-17(16)27-5/h6-7,9,13-14H,8,10-12,21H2,1-5H3,(H,22,25). The number of hydrogen-bond donors (Lipinski definition) is 2. The molecule has 2 rings (SSSR count). The van der Waals surface area contributed by atoms with E-state index in [2.05, 4.69) is 19.2 Å². The number of ether oxygens (including phenoxy) is 2. The summed E-state index contributed by atoms with van der Waals surface area (Å²) in [7, 11) is 3.11. The molecule has 1 aliphatic rings. The number of nitrogens with one attached hydrogen (secondary N) is 1. The molecule has 0 spiro atoms. The number of nitrogens with zero attached hydrogens (tertiary/aromatic N) is 1. The Morgan fingerprint density at radius 2 is 2.07 bits per heavy atom. The van der Waals surface area contributed by atoms with Crippen LogP contribution in [0.4, 0.5) is 5.69 Å². The number of methoxy groups -OCH3 is 2. The van der Waals surface area contributed by atoms with Crippen LogP contribution in [0.5, 0.6) is 11.5 Å². The third kappa shape index (κ3) is 4.91. The fourth-order valence-electron chi connectivity index (χ4n) is 3.61. The van der Waals surface area contributed by atoms with Crippen LogP contribution >= 0.6 is 0 Å². The van der Waals surface area contributed by atoms with Crippen LogP contribution in [0.1, 0.15) is 33.6 Å². The number of benzene rings is 1. The molecule has 7 heteroatoms. The zero-order valence-electron chi connectivity index (χ0n) is 16.9. The Hall–Kier alpha value is -2.28. The normalized spacial score (nSPS) is 19.1. The lowest BCUT2D eigenvalue weighted by Crippen LogP contribution is -2.54. The minimum Gasteiger partial charge on any atom is -0.497 e. The minimum absolute atomic E-state index is 0.100. The van der Waals surface area contributed by atoms with Gasteiger partial charge in [0.15, 0.2) is 0 Å². The Morgan fingerprint density at radius 3 is 2.63 bits per heavy atom. The Labute approximate surface area is 161 Å². The van der Waals surface area contributed by atoms with Gasteiger partial charge in [-0.15, -0.1) is 0 Å². The predicted octanol–water partition coefficient (Wildman–Crippen LogP) is 1.94. The van der Waals surface area contributed by atoms with Gasteiger partial charge in [0.25, 0.3) is 0 Å². The number of carbonyl (C=O) groups is 2. The van der Waals surface area contributed by atoms with E-state index in [1.165, 1.54) is 0 Å². The van der Waals surface area contributed by atoms with Gasteiger partial charge < -0.3 is 25.4 Å². The summed E-state index contributed by atoms with van der Waals surface area (Å²) in [6.45, 7) is 6.81. The second kappa shape index (κ2) is 8.61. The molecule has 0 bridgehead atoms. The van der Waals surface area contributed by atoms with E-state index >= 15 is 0 Å². The topological polar surface area (TPSA) is 93.9 Å². The number of rotatable bonds is 8. The SMILES string of the molecule is COc1ccc(N2CC(C(=O)NC(C)(CN)CC(C)C)CC2=O)c(OC)c1. The number of amides is 2. The van der Waals surface area contributed by atoms with Gasteiger partial charge in [0.2, 0.25) is 11.8 Å². The van der Waals surface area contributed by atoms with Crippen LogP contribution < -0.4 is 25.4 Å². The first-order chi connectivity index (χ1) is 12.7. The van der Waals surface area contributed by atoms with E-state index < -0.39 is 11.5 Å². The van der Waals surface area contributed by atoms with Gasteiger partial charge in [-0.05, 0) is 31.4 Å². The number of anilines is 1. The first kappa shape index (κ1) is 21.0. The van der Waals surface area contributed by atoms with E-state index in [1.54, 1.807) is 37.3 Å². The molecule has 1 aromatic carbocycles. The van der Waals surface area contributed by atoms with Crippen molar-refractivity contribution in [3.05, 3.63) is 18.2 Å². The lowest BCUT2D eigenvalue weighted by atomic mass is 9.90. The first-order valence-corrected chi connectivity index (χ1v) is 9.27. The lowest BCUT2D eigenvalue weighted by Gasteiger charge is -2.32. The molecular weight excluding hydrogens is 346 g/mol. The van der Waals surface area contributed by atoms with Crippen LogP contribution in [0.25, 0.3) is 0 Å². The molecule has 2 unspecified atom stereocenters. The van der Waals surface area contributed by atoms with Gasteiger partial charge in [0.1, 0.15) is 11.5 Å². The molecule has 1 heterocycles. The first-order valence-electron chi connectivity index (χ1n) is 9.27. The van der Waals surface area contributed by atoms with E-state index in [-0.39, 0.29) is 18.2 Å². The number of carbonyl (C=O) groups excluding carboxylic acids is 2. The van der Waals surface area contributed by atoms with Gasteiger partial charge in [-0.1, -0.05) is 13.8 Å². The molecule has 27 heavy (non-hydrogen) atoms. The zero-order valence-corrected chi connectivity index (χ0v) is 16.9. The molecule has 0 aromatic heterocycles. The molecule has 1 aliphatic heterocycles. The van der Waals surface area contributed by atoms with Crippen molar-refractivity contribution in [1.82, 2.24) is 5.32 Å². The maximum absolute atomic E-state index is 12.8. The highest BCUT2D eigenvalue weighted by Gasteiger charge is 2.38. The molecule has 0 radical (unpaired) electrons. The van der Waals surface area contributed by atoms with Gasteiger partial charge in [0.05, 0.1) is 25.8 Å². The van der Waals surface area contributed by atoms with Crippen LogP contribution in [0.15, 0.2) is 18.2 Å². The Morgan fingerprint density at radius 1 is 1.37 bits per heavy atom. The zero-order chi connectivity index (χ0) is 20.2. The molecule has 2 atom stereocenters. The van der Waals surface area contributed by atoms with Crippen molar-refractivity contribution in [2.75, 3.05) is 32.2 Å². The average Bonchev–Trinajstić information content (AvgIpc) is 3.02. The summed E-state index contributed by atoms with van der Waals surface area (Å²) in [4.78, 5) is 26.9. The molecular formula is C20H31N3O4. The van der Waals surface area contributed by atoms with Crippen molar-refractivity contribution in [1.29, 1.82) is 0 Å². The largest absolute Gasteiger partial charge is 0.497 e. The molecule has 3 N–H and O–H groups in total. The Kier molecular flexibility index (Phi) is 6.70. The average molecular weight is 377 g/mol. The highest BCUT2D eigenvalue weighted by Crippen LogP contribution is 2.36. The third-order valence-electron chi connectivity index (χ3n) is 4.91. The van der Waals surface area contributed by atoms with Gasteiger partial charge >= 0.3 is 0 Å². The molecule has 0 saturated carbocycles. The van der Waals surface area contributed by atoms with Gasteiger partial charge in [-0.3, -0.25) is 9.59 Å². The highest BCUT2D eigenvalue weighted by molar-refractivity contribution is 6.01. The summed E-state index contributed by atoms with van der Waals surface area (Å²) in [6, 6.07) is 5.27. The third-order valence-corrected chi connectivity index (χ3v) is 4.91. The van der Waals surface area contributed by atoms with E-state index in [0.29, 0.717) is 36.2 Å². The molecule has 7 nitrogen and oxygen atoms in total. The van der Waals surface area contributed by atoms with Crippen LogP contribution in [0.2, 0.25) is 0 Å². The van der Waals surface area contributed by atoms with Crippen LogP contribution in [-0.2, 0) is 9.59 Å². The van der Waals surface area contributed by atoms with Crippen molar-refractivity contribution in [3.8, 4) is 11.5 Å². The molecule has 0 aliphatic carbocycles. The molecule has 150 valence electrons. The second-order valence-corrected chi connectivity index (χ2v) is 7.80. The quantitative estimate of drug-likeness (QED) is 0.722. The fraction of sp³-hybridized carbons (Fsp3) is 0.600. The summed E-state index contributed by atoms with van der Waals surface area (Å²) in [6.07, 6.45) is 0.954. The van der Waals surface area contributed by atoms with E-state index in [0.717, 1.165) is 6.42 Å². The summed E-state index contributed by atoms with van der Waals surface area (Å²) >= 11 is 0. The minimum atomic E-state index is -0.473. The van der Waals surface area contributed by atoms with Crippen LogP contribution in [0.3, 0.4) is 0 Å². The predicted molar refractivity (Wildman–Crippen MR) is 105 cm³/mol. The van der Waals surface area contributed by atoms with Gasteiger partial charge in [-0.25, -0.2) is 0 Å². The molecule has 2 amide bonds. The van der Waals surface area contributed by atoms with Gasteiger partial charge in [0, 0.05) is 31.1 Å². The van der Waals surface area contributed by atoms with Crippen LogP contribution in [-0.4, -0.2) is 44.7 Å². The molecule has 1 fully saturated rings. The number of hydrogen-bond acceptors (Lipinski definition) is 5. The van der Waals surface area contributed by atoms with E-state index in [9.17, 15) is 9.59 Å². The summed E-state index contributed by atoms with van der Waals surface area (Å²) in [5.41, 5.74) is 6.06. The maximum atomic E-state index is 12.8. The highest BCUT2D eigenvalue weighted by atomic mass is 16.5. The lowest BCUT2D eigenvalue weighted by molar-refractivity contribution is -0.128. The Balaban J connectivity index is 2.14. The van der Waals surface area contributed by atoms with Crippen molar-refractivity contribution < 1.29 is 19.1 Å². The summed E-state index contributed by atoms with van der Waals surface area (Å²) in [5.74, 6) is 0.939. The van der Waals surface area contributed by atoms with Crippen LogP contribution in [0, 0.1) is 11.8 Å². The second-order valence-electron chi connectivity index (χ2n) is 7.80. The van der Waals surface area contributed by atoms with E-state index in [1.807, 2.05) is 6.92 Å². The number of nitrogens with two attached hydrogens (primary N) is 1. The van der Waals surface area contributed by atoms with Crippen molar-refractivity contribution in [3.63, 3.8) is 0 Å². The van der Waals surface area contributed by atoms with E-state index in [4.69, 9.17) is 15.2 Å². The smallest absolute Gasteiger partial charge is 0.227 e. The maximum Gasteiger partial charge on any atom is 0.227 e. The molecule has 1 saturated heterocycles.